The van der Waals surface area contributed by atoms with Gasteiger partial charge >= 0.3 is 5.97 Å². The number of nitrogens with two attached hydrogens (primary N) is 1. The fourth-order valence-electron chi connectivity index (χ4n) is 3.52. The van der Waals surface area contributed by atoms with Gasteiger partial charge < -0.3 is 20.6 Å². The number of rotatable bonds is 6. The fraction of sp³-hybridized carbons (Fsp3) is 0.579. The molecule has 1 fully saturated rings. The Bertz CT molecular complexity index is 612. The van der Waals surface area contributed by atoms with Crippen molar-refractivity contribution < 1.29 is 14.7 Å². The van der Waals surface area contributed by atoms with Crippen molar-refractivity contribution in [2.75, 3.05) is 26.2 Å². The quantitative estimate of drug-likeness (QED) is 0.271. The second kappa shape index (κ2) is 8.85. The van der Waals surface area contributed by atoms with Crippen LogP contribution >= 0.6 is 0 Å². The summed E-state index contributed by atoms with van der Waals surface area (Å²) in [5.41, 5.74) is 10.1. The first-order valence-corrected chi connectivity index (χ1v) is 8.93. The van der Waals surface area contributed by atoms with Gasteiger partial charge in [0.1, 0.15) is 0 Å². The number of hydrogen-bond donors (Lipinski definition) is 2. The zero-order valence-corrected chi connectivity index (χ0v) is 15.4. The van der Waals surface area contributed by atoms with E-state index in [1.54, 1.807) is 0 Å². The molecule has 0 atom stereocenters. The van der Waals surface area contributed by atoms with Crippen molar-refractivity contribution in [2.45, 2.75) is 40.0 Å². The predicted molar refractivity (Wildman–Crippen MR) is 97.9 cm³/mol. The van der Waals surface area contributed by atoms with Gasteiger partial charge in [-0.25, -0.2) is 0 Å². The number of aryl methyl sites for hydroxylation is 2. The van der Waals surface area contributed by atoms with E-state index < -0.39 is 0 Å². The minimum atomic E-state index is -0.0486. The van der Waals surface area contributed by atoms with E-state index in [1.807, 2.05) is 19.1 Å². The van der Waals surface area contributed by atoms with Crippen LogP contribution in [0.25, 0.3) is 0 Å². The lowest BCUT2D eigenvalue weighted by atomic mass is 9.94. The third-order valence-corrected chi connectivity index (χ3v) is 4.99. The van der Waals surface area contributed by atoms with Gasteiger partial charge in [-0.2, -0.15) is 0 Å². The smallest absolute Gasteiger partial charge is 0.309 e. The minimum absolute atomic E-state index is 0.0486. The SMILES string of the molecule is CCOC(=O)C1CCN(CCc2c(C)cc(/C(N)=N\O)cc2C)CC1. The summed E-state index contributed by atoms with van der Waals surface area (Å²) in [6.45, 7) is 9.27. The largest absolute Gasteiger partial charge is 0.466 e. The highest BCUT2D eigenvalue weighted by molar-refractivity contribution is 5.97. The molecule has 6 nitrogen and oxygen atoms in total. The Morgan fingerprint density at radius 3 is 2.44 bits per heavy atom. The molecule has 0 amide bonds. The molecule has 0 spiro atoms. The number of oxime groups is 1. The van der Waals surface area contributed by atoms with Gasteiger partial charge in [0.2, 0.25) is 0 Å². The molecule has 0 radical (unpaired) electrons. The van der Waals surface area contributed by atoms with Crippen molar-refractivity contribution in [3.63, 3.8) is 0 Å². The Hall–Kier alpha value is -2.08. The van der Waals surface area contributed by atoms with E-state index in [2.05, 4.69) is 23.9 Å². The Balaban J connectivity index is 1.91. The summed E-state index contributed by atoms with van der Waals surface area (Å²) < 4.78 is 5.12. The first-order chi connectivity index (χ1) is 12.0. The predicted octanol–water partition coefficient (Wildman–Crippen LogP) is 2.22. The first kappa shape index (κ1) is 19.2. The normalized spacial score (nSPS) is 16.8. The van der Waals surface area contributed by atoms with Crippen LogP contribution < -0.4 is 5.73 Å². The van der Waals surface area contributed by atoms with Crippen molar-refractivity contribution in [2.24, 2.45) is 16.8 Å². The highest BCUT2D eigenvalue weighted by Crippen LogP contribution is 2.21. The third-order valence-electron chi connectivity index (χ3n) is 4.99. The summed E-state index contributed by atoms with van der Waals surface area (Å²) >= 11 is 0. The summed E-state index contributed by atoms with van der Waals surface area (Å²) in [5.74, 6) is 0.144. The molecule has 1 saturated heterocycles. The number of carbonyl (C=O) groups is 1. The maximum atomic E-state index is 11.8. The van der Waals surface area contributed by atoms with E-state index in [0.717, 1.165) is 55.6 Å². The van der Waals surface area contributed by atoms with Crippen LogP contribution in [0.2, 0.25) is 0 Å². The molecule has 6 heteroatoms. The van der Waals surface area contributed by atoms with E-state index in [0.29, 0.717) is 6.61 Å². The maximum Gasteiger partial charge on any atom is 0.309 e. The molecule has 138 valence electrons. The molecule has 0 bridgehead atoms. The number of piperidine rings is 1. The summed E-state index contributed by atoms with van der Waals surface area (Å²) in [4.78, 5) is 14.2. The van der Waals surface area contributed by atoms with Crippen molar-refractivity contribution in [1.82, 2.24) is 4.90 Å². The molecule has 0 aromatic heterocycles. The van der Waals surface area contributed by atoms with E-state index in [9.17, 15) is 4.79 Å². The number of carbonyl (C=O) groups excluding carboxylic acids is 1. The zero-order valence-electron chi connectivity index (χ0n) is 15.4. The van der Waals surface area contributed by atoms with Gasteiger partial charge in [0.25, 0.3) is 0 Å². The topological polar surface area (TPSA) is 88.2 Å². The Morgan fingerprint density at radius 1 is 1.32 bits per heavy atom. The minimum Gasteiger partial charge on any atom is -0.466 e. The molecular formula is C19H29N3O3. The zero-order chi connectivity index (χ0) is 18.4. The number of likely N-dealkylation sites (tertiary alicyclic amines) is 1. The van der Waals surface area contributed by atoms with Crippen LogP contribution in [0.15, 0.2) is 17.3 Å². The van der Waals surface area contributed by atoms with Crippen LogP contribution in [0.1, 0.15) is 42.0 Å². The lowest BCUT2D eigenvalue weighted by molar-refractivity contribution is -0.149. The molecule has 1 heterocycles. The second-order valence-electron chi connectivity index (χ2n) is 6.69. The Kier molecular flexibility index (Phi) is 6.82. The van der Waals surface area contributed by atoms with Gasteiger partial charge in [0.05, 0.1) is 12.5 Å². The van der Waals surface area contributed by atoms with Gasteiger partial charge in [-0.3, -0.25) is 4.79 Å². The van der Waals surface area contributed by atoms with Crippen LogP contribution in [0.4, 0.5) is 0 Å². The van der Waals surface area contributed by atoms with Gasteiger partial charge in [0, 0.05) is 12.1 Å². The van der Waals surface area contributed by atoms with Crippen LogP contribution in [0.3, 0.4) is 0 Å². The Morgan fingerprint density at radius 2 is 1.92 bits per heavy atom. The van der Waals surface area contributed by atoms with Crippen LogP contribution in [0.5, 0.6) is 0 Å². The summed E-state index contributed by atoms with van der Waals surface area (Å²) in [5, 5.41) is 11.9. The lowest BCUT2D eigenvalue weighted by Crippen LogP contribution is -2.38. The molecule has 1 aliphatic heterocycles. The number of benzene rings is 1. The third kappa shape index (κ3) is 4.95. The van der Waals surface area contributed by atoms with E-state index in [-0.39, 0.29) is 17.7 Å². The Labute approximate surface area is 149 Å². The molecule has 25 heavy (non-hydrogen) atoms. The second-order valence-corrected chi connectivity index (χ2v) is 6.69. The van der Waals surface area contributed by atoms with E-state index in [1.165, 1.54) is 5.56 Å². The van der Waals surface area contributed by atoms with Gasteiger partial charge in [-0.15, -0.1) is 0 Å². The molecule has 0 aliphatic carbocycles. The molecule has 1 aliphatic rings. The standard InChI is InChI=1S/C19H29N3O3/c1-4-25-19(23)15-5-8-22(9-6-15)10-7-17-13(2)11-16(12-14(17)3)18(20)21-24/h11-12,15,24H,4-10H2,1-3H3,(H2,20,21). The molecule has 2 rings (SSSR count). The monoisotopic (exact) mass is 347 g/mol. The number of ether oxygens (including phenoxy) is 1. The van der Waals surface area contributed by atoms with Crippen molar-refractivity contribution in [3.05, 3.63) is 34.4 Å². The lowest BCUT2D eigenvalue weighted by Gasteiger charge is -2.31. The first-order valence-electron chi connectivity index (χ1n) is 8.93. The van der Waals surface area contributed by atoms with Crippen molar-refractivity contribution >= 4 is 11.8 Å². The number of nitrogens with zero attached hydrogens (tertiary/aromatic N) is 2. The van der Waals surface area contributed by atoms with E-state index >= 15 is 0 Å². The summed E-state index contributed by atoms with van der Waals surface area (Å²) in [6.07, 6.45) is 2.71. The molecular weight excluding hydrogens is 318 g/mol. The van der Waals surface area contributed by atoms with Crippen LogP contribution in [-0.2, 0) is 16.0 Å². The maximum absolute atomic E-state index is 11.8. The summed E-state index contributed by atoms with van der Waals surface area (Å²) in [7, 11) is 0. The van der Waals surface area contributed by atoms with Gasteiger partial charge in [-0.1, -0.05) is 5.16 Å². The summed E-state index contributed by atoms with van der Waals surface area (Å²) in [6, 6.07) is 3.93. The molecule has 1 aromatic carbocycles. The molecule has 3 N–H and O–H groups in total. The number of amidine groups is 1. The van der Waals surface area contributed by atoms with Gasteiger partial charge in [0.15, 0.2) is 5.84 Å². The average molecular weight is 347 g/mol. The number of hydrogen-bond acceptors (Lipinski definition) is 5. The molecule has 1 aromatic rings. The fourth-order valence-corrected chi connectivity index (χ4v) is 3.52. The van der Waals surface area contributed by atoms with Crippen molar-refractivity contribution in [3.8, 4) is 0 Å². The van der Waals surface area contributed by atoms with E-state index in [4.69, 9.17) is 15.7 Å². The van der Waals surface area contributed by atoms with Crippen LogP contribution in [-0.4, -0.2) is 48.2 Å². The molecule has 0 saturated carbocycles. The van der Waals surface area contributed by atoms with Crippen LogP contribution in [0, 0.1) is 19.8 Å². The number of esters is 1. The highest BCUT2D eigenvalue weighted by Gasteiger charge is 2.25. The highest BCUT2D eigenvalue weighted by atomic mass is 16.5. The average Bonchev–Trinajstić information content (AvgIpc) is 2.60. The van der Waals surface area contributed by atoms with Gasteiger partial charge in [-0.05, 0) is 81.9 Å². The van der Waals surface area contributed by atoms with Crippen molar-refractivity contribution in [1.29, 1.82) is 0 Å². The molecule has 0 unspecified atom stereocenters.